The molecule has 0 spiro atoms. The van der Waals surface area contributed by atoms with Crippen LogP contribution in [0.4, 0.5) is 0 Å². The van der Waals surface area contributed by atoms with Crippen molar-refractivity contribution >= 4 is 21.9 Å². The predicted octanol–water partition coefficient (Wildman–Crippen LogP) is 3.73. The van der Waals surface area contributed by atoms with Crippen LogP contribution < -0.4 is 10.6 Å². The van der Waals surface area contributed by atoms with Crippen LogP contribution in [0.15, 0.2) is 56.5 Å². The summed E-state index contributed by atoms with van der Waals surface area (Å²) in [5.74, 6) is 1.80. The fourth-order valence-corrected chi connectivity index (χ4v) is 2.21. The molecule has 0 fully saturated rings. The quantitative estimate of drug-likeness (QED) is 0.607. The summed E-state index contributed by atoms with van der Waals surface area (Å²) in [6, 6.07) is 12.4. The predicted molar refractivity (Wildman–Crippen MR) is 94.0 cm³/mol. The van der Waals surface area contributed by atoms with Gasteiger partial charge in [-0.05, 0) is 43.7 Å². The molecule has 118 valence electrons. The molecule has 0 aliphatic carbocycles. The number of rotatable bonds is 6. The Bertz CT molecular complexity index is 576. The van der Waals surface area contributed by atoms with Crippen LogP contribution in [0.5, 0.6) is 0 Å². The lowest BCUT2D eigenvalue weighted by atomic mass is 10.2. The van der Waals surface area contributed by atoms with Crippen LogP contribution in [0, 0.1) is 0 Å². The second kappa shape index (κ2) is 8.63. The van der Waals surface area contributed by atoms with Crippen LogP contribution >= 0.6 is 15.9 Å². The van der Waals surface area contributed by atoms with Gasteiger partial charge in [-0.1, -0.05) is 28.1 Å². The Labute approximate surface area is 140 Å². The van der Waals surface area contributed by atoms with Crippen molar-refractivity contribution in [2.75, 3.05) is 6.54 Å². The summed E-state index contributed by atoms with van der Waals surface area (Å²) >= 11 is 3.44. The van der Waals surface area contributed by atoms with Gasteiger partial charge in [-0.2, -0.15) is 0 Å². The molecule has 0 amide bonds. The summed E-state index contributed by atoms with van der Waals surface area (Å²) in [6.07, 6.45) is 2.54. The average Bonchev–Trinajstić information content (AvgIpc) is 2.99. The highest BCUT2D eigenvalue weighted by Gasteiger charge is 2.02. The van der Waals surface area contributed by atoms with Crippen molar-refractivity contribution in [3.05, 3.63) is 58.5 Å². The molecule has 0 aliphatic rings. The highest BCUT2D eigenvalue weighted by atomic mass is 79.9. The third-order valence-corrected chi connectivity index (χ3v) is 3.53. The highest BCUT2D eigenvalue weighted by molar-refractivity contribution is 9.10. The van der Waals surface area contributed by atoms with E-state index in [9.17, 15) is 0 Å². The molecular formula is C17H22BrN3O. The highest BCUT2D eigenvalue weighted by Crippen LogP contribution is 2.11. The normalized spacial score (nSPS) is 11.7. The van der Waals surface area contributed by atoms with E-state index in [2.05, 4.69) is 57.5 Å². The molecule has 0 radical (unpaired) electrons. The topological polar surface area (TPSA) is 49.6 Å². The molecule has 1 heterocycles. The molecule has 0 aliphatic heterocycles. The van der Waals surface area contributed by atoms with Gasteiger partial charge in [0.25, 0.3) is 0 Å². The van der Waals surface area contributed by atoms with E-state index in [1.54, 1.807) is 6.26 Å². The molecule has 0 bridgehead atoms. The summed E-state index contributed by atoms with van der Waals surface area (Å²) in [7, 11) is 0. The van der Waals surface area contributed by atoms with Gasteiger partial charge in [-0.25, -0.2) is 4.99 Å². The second-order valence-electron chi connectivity index (χ2n) is 5.35. The molecule has 2 rings (SSSR count). The second-order valence-corrected chi connectivity index (χ2v) is 6.26. The minimum atomic E-state index is 0.333. The third kappa shape index (κ3) is 5.93. The third-order valence-electron chi connectivity index (χ3n) is 3.00. The van der Waals surface area contributed by atoms with Gasteiger partial charge in [0.05, 0.1) is 12.8 Å². The summed E-state index contributed by atoms with van der Waals surface area (Å²) in [5, 5.41) is 6.68. The number of hydrogen-bond acceptors (Lipinski definition) is 2. The van der Waals surface area contributed by atoms with Crippen molar-refractivity contribution < 1.29 is 4.42 Å². The number of benzene rings is 1. The van der Waals surface area contributed by atoms with Crippen molar-refractivity contribution in [2.24, 2.45) is 4.99 Å². The van der Waals surface area contributed by atoms with Crippen molar-refractivity contribution in [3.63, 3.8) is 0 Å². The van der Waals surface area contributed by atoms with Crippen LogP contribution in [0.3, 0.4) is 0 Å². The van der Waals surface area contributed by atoms with Crippen LogP contribution in [0.2, 0.25) is 0 Å². The maximum absolute atomic E-state index is 5.33. The van der Waals surface area contributed by atoms with Crippen LogP contribution in [-0.2, 0) is 13.0 Å². The minimum Gasteiger partial charge on any atom is -0.469 e. The van der Waals surface area contributed by atoms with Gasteiger partial charge in [0.15, 0.2) is 5.96 Å². The van der Waals surface area contributed by atoms with E-state index in [1.807, 2.05) is 24.3 Å². The molecule has 1 aromatic heterocycles. The first-order chi connectivity index (χ1) is 10.6. The van der Waals surface area contributed by atoms with Gasteiger partial charge < -0.3 is 15.1 Å². The molecule has 2 N–H and O–H groups in total. The number of aliphatic imine (C=N–C) groups is 1. The Hall–Kier alpha value is -1.75. The zero-order valence-electron chi connectivity index (χ0n) is 13.0. The number of nitrogens with zero attached hydrogens (tertiary/aromatic N) is 1. The standard InChI is InChI=1S/C17H22BrN3O/c1-13(2)21-17(19-10-9-16-4-3-11-22-16)20-12-14-5-7-15(18)8-6-14/h3-8,11,13H,9-10,12H2,1-2H3,(H2,19,20,21). The first-order valence-electron chi connectivity index (χ1n) is 7.45. The summed E-state index contributed by atoms with van der Waals surface area (Å²) in [4.78, 5) is 4.63. The Morgan fingerprint density at radius 1 is 1.23 bits per heavy atom. The largest absolute Gasteiger partial charge is 0.469 e. The fourth-order valence-electron chi connectivity index (χ4n) is 1.95. The van der Waals surface area contributed by atoms with Gasteiger partial charge in [0.1, 0.15) is 5.76 Å². The maximum Gasteiger partial charge on any atom is 0.191 e. The zero-order chi connectivity index (χ0) is 15.8. The molecule has 5 heteroatoms. The fraction of sp³-hybridized carbons (Fsp3) is 0.353. The molecule has 4 nitrogen and oxygen atoms in total. The molecule has 2 aromatic rings. The van der Waals surface area contributed by atoms with E-state index in [0.717, 1.165) is 29.2 Å². The Kier molecular flexibility index (Phi) is 6.52. The van der Waals surface area contributed by atoms with Gasteiger partial charge >= 0.3 is 0 Å². The molecule has 0 saturated heterocycles. The van der Waals surface area contributed by atoms with Gasteiger partial charge in [-0.3, -0.25) is 0 Å². The van der Waals surface area contributed by atoms with Crippen LogP contribution in [0.1, 0.15) is 25.2 Å². The Morgan fingerprint density at radius 3 is 2.64 bits per heavy atom. The molecular weight excluding hydrogens is 342 g/mol. The van der Waals surface area contributed by atoms with Gasteiger partial charge in [0, 0.05) is 23.5 Å². The van der Waals surface area contributed by atoms with Crippen molar-refractivity contribution in [3.8, 4) is 0 Å². The maximum atomic E-state index is 5.33. The van der Waals surface area contributed by atoms with Gasteiger partial charge in [0.2, 0.25) is 0 Å². The van der Waals surface area contributed by atoms with Crippen LogP contribution in [-0.4, -0.2) is 18.5 Å². The Morgan fingerprint density at radius 2 is 2.00 bits per heavy atom. The number of nitrogens with one attached hydrogen (secondary N) is 2. The summed E-state index contributed by atoms with van der Waals surface area (Å²) in [5.41, 5.74) is 1.18. The van der Waals surface area contributed by atoms with E-state index in [4.69, 9.17) is 4.42 Å². The molecule has 0 unspecified atom stereocenters. The lowest BCUT2D eigenvalue weighted by molar-refractivity contribution is 0.506. The van der Waals surface area contributed by atoms with E-state index < -0.39 is 0 Å². The zero-order valence-corrected chi connectivity index (χ0v) is 14.6. The monoisotopic (exact) mass is 363 g/mol. The molecule has 22 heavy (non-hydrogen) atoms. The first kappa shape index (κ1) is 16.6. The van der Waals surface area contributed by atoms with Crippen molar-refractivity contribution in [2.45, 2.75) is 32.9 Å². The number of halogens is 1. The molecule has 1 aromatic carbocycles. The number of guanidine groups is 1. The van der Waals surface area contributed by atoms with E-state index in [0.29, 0.717) is 12.6 Å². The number of furan rings is 1. The van der Waals surface area contributed by atoms with E-state index >= 15 is 0 Å². The Balaban J connectivity index is 1.89. The molecule has 0 saturated carbocycles. The lowest BCUT2D eigenvalue weighted by Gasteiger charge is -2.15. The van der Waals surface area contributed by atoms with Gasteiger partial charge in [-0.15, -0.1) is 0 Å². The summed E-state index contributed by atoms with van der Waals surface area (Å²) in [6.45, 7) is 5.63. The van der Waals surface area contributed by atoms with E-state index in [1.165, 1.54) is 5.56 Å². The summed E-state index contributed by atoms with van der Waals surface area (Å²) < 4.78 is 6.41. The lowest BCUT2D eigenvalue weighted by Crippen LogP contribution is -2.41. The smallest absolute Gasteiger partial charge is 0.191 e. The molecule has 0 atom stereocenters. The minimum absolute atomic E-state index is 0.333. The first-order valence-corrected chi connectivity index (χ1v) is 8.24. The van der Waals surface area contributed by atoms with Crippen LogP contribution in [0.25, 0.3) is 0 Å². The average molecular weight is 364 g/mol. The van der Waals surface area contributed by atoms with Crippen molar-refractivity contribution in [1.82, 2.24) is 10.6 Å². The van der Waals surface area contributed by atoms with E-state index in [-0.39, 0.29) is 0 Å². The number of hydrogen-bond donors (Lipinski definition) is 2. The van der Waals surface area contributed by atoms with Crippen molar-refractivity contribution in [1.29, 1.82) is 0 Å². The SMILES string of the molecule is CC(C)NC(=NCc1ccc(Br)cc1)NCCc1ccco1.